The van der Waals surface area contributed by atoms with E-state index in [4.69, 9.17) is 4.74 Å². The molecule has 0 fully saturated rings. The van der Waals surface area contributed by atoms with Crippen LogP contribution in [-0.4, -0.2) is 33.5 Å². The SMILES string of the molecule is COc1ccc(-n2c(SCC(=O)Nc3ccc(Br)cc3)nnc2-c2ccccc2)cc1. The average Bonchev–Trinajstić information content (AvgIpc) is 3.24. The first-order valence-corrected chi connectivity index (χ1v) is 11.3. The Morgan fingerprint density at radius 2 is 1.71 bits per heavy atom. The van der Waals surface area contributed by atoms with Crippen molar-refractivity contribution in [2.45, 2.75) is 5.16 Å². The maximum absolute atomic E-state index is 12.5. The maximum Gasteiger partial charge on any atom is 0.234 e. The van der Waals surface area contributed by atoms with Gasteiger partial charge in [-0.25, -0.2) is 0 Å². The van der Waals surface area contributed by atoms with Gasteiger partial charge in [0.2, 0.25) is 5.91 Å². The highest BCUT2D eigenvalue weighted by atomic mass is 79.9. The number of benzene rings is 3. The molecular formula is C23H19BrN4O2S. The molecule has 6 nitrogen and oxygen atoms in total. The van der Waals surface area contributed by atoms with Crippen LogP contribution < -0.4 is 10.1 Å². The van der Waals surface area contributed by atoms with Crippen molar-refractivity contribution < 1.29 is 9.53 Å². The third-order valence-corrected chi connectivity index (χ3v) is 5.91. The molecule has 0 bridgehead atoms. The van der Waals surface area contributed by atoms with E-state index in [1.54, 1.807) is 7.11 Å². The van der Waals surface area contributed by atoms with Crippen molar-refractivity contribution in [2.75, 3.05) is 18.2 Å². The third kappa shape index (κ3) is 5.15. The Hall–Kier alpha value is -3.10. The van der Waals surface area contributed by atoms with Crippen molar-refractivity contribution in [1.29, 1.82) is 0 Å². The summed E-state index contributed by atoms with van der Waals surface area (Å²) in [6, 6.07) is 25.0. The van der Waals surface area contributed by atoms with Crippen molar-refractivity contribution >= 4 is 39.3 Å². The van der Waals surface area contributed by atoms with Crippen LogP contribution in [0.4, 0.5) is 5.69 Å². The fraction of sp³-hybridized carbons (Fsp3) is 0.0870. The van der Waals surface area contributed by atoms with Gasteiger partial charge in [0.05, 0.1) is 12.9 Å². The van der Waals surface area contributed by atoms with E-state index in [0.717, 1.165) is 27.2 Å². The van der Waals surface area contributed by atoms with Gasteiger partial charge < -0.3 is 10.1 Å². The van der Waals surface area contributed by atoms with Gasteiger partial charge >= 0.3 is 0 Å². The fourth-order valence-electron chi connectivity index (χ4n) is 2.96. The first kappa shape index (κ1) is 21.1. The summed E-state index contributed by atoms with van der Waals surface area (Å²) in [5, 5.41) is 12.3. The number of anilines is 1. The molecule has 0 saturated heterocycles. The topological polar surface area (TPSA) is 69.0 Å². The van der Waals surface area contributed by atoms with Gasteiger partial charge in [0.25, 0.3) is 0 Å². The van der Waals surface area contributed by atoms with Crippen molar-refractivity contribution in [1.82, 2.24) is 14.8 Å². The van der Waals surface area contributed by atoms with Gasteiger partial charge in [-0.15, -0.1) is 10.2 Å². The second kappa shape index (κ2) is 9.80. The summed E-state index contributed by atoms with van der Waals surface area (Å²) in [5.41, 5.74) is 2.58. The lowest BCUT2D eigenvalue weighted by Crippen LogP contribution is -2.14. The van der Waals surface area contributed by atoms with E-state index in [-0.39, 0.29) is 11.7 Å². The highest BCUT2D eigenvalue weighted by Crippen LogP contribution is 2.29. The zero-order chi connectivity index (χ0) is 21.6. The Balaban J connectivity index is 1.58. The summed E-state index contributed by atoms with van der Waals surface area (Å²) in [5.74, 6) is 1.57. The van der Waals surface area contributed by atoms with Crippen molar-refractivity contribution in [2.24, 2.45) is 0 Å². The molecule has 0 aliphatic heterocycles. The summed E-state index contributed by atoms with van der Waals surface area (Å²) >= 11 is 4.73. The van der Waals surface area contributed by atoms with Gasteiger partial charge in [-0.3, -0.25) is 9.36 Å². The molecule has 1 amide bonds. The molecule has 31 heavy (non-hydrogen) atoms. The number of amides is 1. The molecule has 156 valence electrons. The number of carbonyl (C=O) groups is 1. The molecular weight excluding hydrogens is 476 g/mol. The Morgan fingerprint density at radius 1 is 1.00 bits per heavy atom. The molecule has 0 aliphatic carbocycles. The molecule has 1 heterocycles. The minimum Gasteiger partial charge on any atom is -0.497 e. The van der Waals surface area contributed by atoms with Gasteiger partial charge in [0, 0.05) is 21.4 Å². The predicted molar refractivity (Wildman–Crippen MR) is 127 cm³/mol. The third-order valence-electron chi connectivity index (χ3n) is 4.46. The summed E-state index contributed by atoms with van der Waals surface area (Å²) in [6.07, 6.45) is 0. The molecule has 0 aliphatic rings. The highest BCUT2D eigenvalue weighted by molar-refractivity contribution is 9.10. The minimum absolute atomic E-state index is 0.113. The molecule has 1 aromatic heterocycles. The van der Waals surface area contributed by atoms with Gasteiger partial charge in [0.15, 0.2) is 11.0 Å². The van der Waals surface area contributed by atoms with Gasteiger partial charge in [-0.05, 0) is 48.5 Å². The number of thioether (sulfide) groups is 1. The van der Waals surface area contributed by atoms with Gasteiger partial charge in [-0.2, -0.15) is 0 Å². The molecule has 0 spiro atoms. The van der Waals surface area contributed by atoms with Gasteiger partial charge in [0.1, 0.15) is 5.75 Å². The average molecular weight is 495 g/mol. The van der Waals surface area contributed by atoms with Crippen LogP contribution in [0.2, 0.25) is 0 Å². The first-order valence-electron chi connectivity index (χ1n) is 9.47. The Labute approximate surface area is 192 Å². The van der Waals surface area contributed by atoms with Crippen LogP contribution in [0.3, 0.4) is 0 Å². The smallest absolute Gasteiger partial charge is 0.234 e. The molecule has 4 aromatic rings. The lowest BCUT2D eigenvalue weighted by Gasteiger charge is -2.11. The summed E-state index contributed by atoms with van der Waals surface area (Å²) in [4.78, 5) is 12.5. The van der Waals surface area contributed by atoms with E-state index in [9.17, 15) is 4.79 Å². The van der Waals surface area contributed by atoms with E-state index in [2.05, 4.69) is 31.4 Å². The molecule has 0 radical (unpaired) electrons. The summed E-state index contributed by atoms with van der Waals surface area (Å²) < 4.78 is 8.18. The number of hydrogen-bond donors (Lipinski definition) is 1. The normalized spacial score (nSPS) is 10.6. The van der Waals surface area contributed by atoms with Crippen molar-refractivity contribution in [3.8, 4) is 22.8 Å². The van der Waals surface area contributed by atoms with E-state index in [0.29, 0.717) is 11.0 Å². The first-order chi connectivity index (χ1) is 15.1. The minimum atomic E-state index is -0.113. The lowest BCUT2D eigenvalue weighted by atomic mass is 10.2. The van der Waals surface area contributed by atoms with Crippen LogP contribution in [0.25, 0.3) is 17.1 Å². The van der Waals surface area contributed by atoms with E-state index in [1.165, 1.54) is 11.8 Å². The molecule has 1 N–H and O–H groups in total. The van der Waals surface area contributed by atoms with Crippen LogP contribution >= 0.6 is 27.7 Å². The molecule has 3 aromatic carbocycles. The number of aromatic nitrogens is 3. The number of carbonyl (C=O) groups excluding carboxylic acids is 1. The lowest BCUT2D eigenvalue weighted by molar-refractivity contribution is -0.113. The molecule has 0 atom stereocenters. The number of methoxy groups -OCH3 is 1. The maximum atomic E-state index is 12.5. The Bertz CT molecular complexity index is 1160. The van der Waals surface area contributed by atoms with Crippen molar-refractivity contribution in [3.05, 3.63) is 83.3 Å². The van der Waals surface area contributed by atoms with Crippen molar-refractivity contribution in [3.63, 3.8) is 0 Å². The summed E-state index contributed by atoms with van der Waals surface area (Å²) in [6.45, 7) is 0. The van der Waals surface area contributed by atoms with Crippen LogP contribution in [0.1, 0.15) is 0 Å². The second-order valence-corrected chi connectivity index (χ2v) is 8.41. The van der Waals surface area contributed by atoms with Crippen LogP contribution in [-0.2, 0) is 4.79 Å². The standard InChI is InChI=1S/C23H19BrN4O2S/c1-30-20-13-11-19(12-14-20)28-22(16-5-3-2-4-6-16)26-27-23(28)31-15-21(29)25-18-9-7-17(24)8-10-18/h2-14H,15H2,1H3,(H,25,29). The molecule has 8 heteroatoms. The zero-order valence-corrected chi connectivity index (χ0v) is 19.1. The van der Waals surface area contributed by atoms with Crippen LogP contribution in [0.15, 0.2) is 88.5 Å². The number of nitrogens with zero attached hydrogens (tertiary/aromatic N) is 3. The van der Waals surface area contributed by atoms with E-state index < -0.39 is 0 Å². The van der Waals surface area contributed by atoms with Crippen LogP contribution in [0, 0.1) is 0 Å². The molecule has 0 saturated carbocycles. The number of ether oxygens (including phenoxy) is 1. The zero-order valence-electron chi connectivity index (χ0n) is 16.7. The monoisotopic (exact) mass is 494 g/mol. The van der Waals surface area contributed by atoms with E-state index in [1.807, 2.05) is 83.4 Å². The van der Waals surface area contributed by atoms with E-state index >= 15 is 0 Å². The highest BCUT2D eigenvalue weighted by Gasteiger charge is 2.17. The molecule has 4 rings (SSSR count). The largest absolute Gasteiger partial charge is 0.497 e. The number of halogens is 1. The number of rotatable bonds is 7. The molecule has 0 unspecified atom stereocenters. The van der Waals surface area contributed by atoms with Crippen LogP contribution in [0.5, 0.6) is 5.75 Å². The predicted octanol–water partition coefficient (Wildman–Crippen LogP) is 5.44. The summed E-state index contributed by atoms with van der Waals surface area (Å²) in [7, 11) is 1.63. The fourth-order valence-corrected chi connectivity index (χ4v) is 3.98. The number of nitrogens with one attached hydrogen (secondary N) is 1. The van der Waals surface area contributed by atoms with Gasteiger partial charge in [-0.1, -0.05) is 58.0 Å². The quantitative estimate of drug-likeness (QED) is 0.346. The second-order valence-electron chi connectivity index (χ2n) is 6.55. The Kier molecular flexibility index (Phi) is 6.69. The Morgan fingerprint density at radius 3 is 2.39 bits per heavy atom. The number of hydrogen-bond acceptors (Lipinski definition) is 5.